The molecule has 2 heterocycles. The maximum atomic E-state index is 12.7. The van der Waals surface area contributed by atoms with Crippen molar-refractivity contribution in [1.29, 1.82) is 0 Å². The van der Waals surface area contributed by atoms with Crippen molar-refractivity contribution in [3.63, 3.8) is 0 Å². The van der Waals surface area contributed by atoms with E-state index in [4.69, 9.17) is 23.2 Å². The van der Waals surface area contributed by atoms with Gasteiger partial charge in [0.2, 0.25) is 0 Å². The van der Waals surface area contributed by atoms with E-state index in [-0.39, 0.29) is 11.2 Å². The molecule has 0 N–H and O–H groups in total. The van der Waals surface area contributed by atoms with Gasteiger partial charge in [0, 0.05) is 23.7 Å². The molecule has 1 aliphatic rings. The van der Waals surface area contributed by atoms with Gasteiger partial charge in [0.15, 0.2) is 0 Å². The number of allylic oxidation sites excluding steroid dienone is 1. The molecule has 1 aromatic heterocycles. The molecule has 0 unspecified atom stereocenters. The van der Waals surface area contributed by atoms with Gasteiger partial charge in [-0.25, -0.2) is 4.98 Å². The van der Waals surface area contributed by atoms with Gasteiger partial charge in [-0.05, 0) is 47.9 Å². The van der Waals surface area contributed by atoms with Gasteiger partial charge in [-0.3, -0.25) is 19.5 Å². The second kappa shape index (κ2) is 6.23. The Morgan fingerprint density at radius 2 is 1.92 bits per heavy atom. The number of hydrogen-bond donors (Lipinski definition) is 0. The average Bonchev–Trinajstić information content (AvgIpc) is 3.00. The molecule has 0 radical (unpaired) electrons. The van der Waals surface area contributed by atoms with E-state index < -0.39 is 4.92 Å². The monoisotopic (exact) mass is 387 g/mol. The first-order chi connectivity index (χ1) is 12.4. The minimum absolute atomic E-state index is 0.0305. The summed E-state index contributed by atoms with van der Waals surface area (Å²) in [6.07, 6.45) is 2.52. The lowest BCUT2D eigenvalue weighted by molar-refractivity contribution is -0.384. The molecule has 0 atom stereocenters. The van der Waals surface area contributed by atoms with Crippen molar-refractivity contribution in [2.45, 2.75) is 13.0 Å². The molecule has 0 saturated heterocycles. The molecule has 6 nitrogen and oxygen atoms in total. The minimum atomic E-state index is -0.442. The third kappa shape index (κ3) is 2.77. The first kappa shape index (κ1) is 16.8. The number of rotatable bonds is 2. The molecule has 0 fully saturated rings. The highest BCUT2D eigenvalue weighted by Crippen LogP contribution is 2.31. The zero-order valence-electron chi connectivity index (χ0n) is 13.3. The van der Waals surface area contributed by atoms with Gasteiger partial charge in [0.05, 0.1) is 20.8 Å². The van der Waals surface area contributed by atoms with Crippen LogP contribution in [0.1, 0.15) is 17.8 Å². The quantitative estimate of drug-likeness (QED) is 0.477. The van der Waals surface area contributed by atoms with Crippen molar-refractivity contribution in [1.82, 2.24) is 9.55 Å². The van der Waals surface area contributed by atoms with Crippen LogP contribution in [0.15, 0.2) is 41.2 Å². The Morgan fingerprint density at radius 3 is 2.62 bits per heavy atom. The third-order valence-corrected chi connectivity index (χ3v) is 4.82. The summed E-state index contributed by atoms with van der Waals surface area (Å²) in [6.45, 7) is 0.514. The van der Waals surface area contributed by atoms with Crippen LogP contribution < -0.4 is 5.56 Å². The highest BCUT2D eigenvalue weighted by Gasteiger charge is 2.22. The predicted molar refractivity (Wildman–Crippen MR) is 102 cm³/mol. The SMILES string of the molecule is O=c1c2cc(Cl)cc(Cl)c2nc2n1CC/C2=C\c1ccc([N+](=O)[O-])cc1. The fraction of sp³-hybridized carbons (Fsp3) is 0.111. The predicted octanol–water partition coefficient (Wildman–Crippen LogP) is 4.56. The maximum Gasteiger partial charge on any atom is 0.269 e. The van der Waals surface area contributed by atoms with Crippen molar-refractivity contribution in [3.05, 3.63) is 78.3 Å². The first-order valence-electron chi connectivity index (χ1n) is 7.79. The Hall–Kier alpha value is -2.70. The van der Waals surface area contributed by atoms with Crippen LogP contribution in [0.4, 0.5) is 5.69 Å². The van der Waals surface area contributed by atoms with Crippen molar-refractivity contribution >= 4 is 51.4 Å². The number of aromatic nitrogens is 2. The Labute approximate surface area is 157 Å². The molecular formula is C18H11Cl2N3O3. The summed E-state index contributed by atoms with van der Waals surface area (Å²) < 4.78 is 1.60. The number of halogens is 2. The normalized spacial score (nSPS) is 14.8. The van der Waals surface area contributed by atoms with Gasteiger partial charge in [0.1, 0.15) is 5.82 Å². The van der Waals surface area contributed by atoms with Gasteiger partial charge in [0.25, 0.3) is 11.2 Å². The summed E-state index contributed by atoms with van der Waals surface area (Å²) >= 11 is 12.2. The summed E-state index contributed by atoms with van der Waals surface area (Å²) in [4.78, 5) is 27.6. The number of benzene rings is 2. The third-order valence-electron chi connectivity index (χ3n) is 4.31. The molecule has 0 bridgehead atoms. The Morgan fingerprint density at radius 1 is 1.19 bits per heavy atom. The van der Waals surface area contributed by atoms with Gasteiger partial charge in [-0.15, -0.1) is 0 Å². The number of nitro groups is 1. The topological polar surface area (TPSA) is 78.0 Å². The minimum Gasteiger partial charge on any atom is -0.292 e. The van der Waals surface area contributed by atoms with Crippen molar-refractivity contribution in [2.75, 3.05) is 0 Å². The number of fused-ring (bicyclic) bond motifs is 2. The molecule has 3 aromatic rings. The Balaban J connectivity index is 1.85. The zero-order chi connectivity index (χ0) is 18.4. The van der Waals surface area contributed by atoms with E-state index in [2.05, 4.69) is 4.98 Å². The summed E-state index contributed by atoms with van der Waals surface area (Å²) in [7, 11) is 0. The first-order valence-corrected chi connectivity index (χ1v) is 8.54. The maximum absolute atomic E-state index is 12.7. The fourth-order valence-electron chi connectivity index (χ4n) is 3.08. The van der Waals surface area contributed by atoms with Crippen molar-refractivity contribution < 1.29 is 4.92 Å². The second-order valence-electron chi connectivity index (χ2n) is 5.94. The number of nitro benzene ring substituents is 1. The highest BCUT2D eigenvalue weighted by atomic mass is 35.5. The van der Waals surface area contributed by atoms with Crippen LogP contribution >= 0.6 is 23.2 Å². The van der Waals surface area contributed by atoms with Crippen LogP contribution in [-0.4, -0.2) is 14.5 Å². The molecule has 0 amide bonds. The van der Waals surface area contributed by atoms with Gasteiger partial charge < -0.3 is 0 Å². The Bertz CT molecular complexity index is 1150. The van der Waals surface area contributed by atoms with Crippen LogP contribution in [0.2, 0.25) is 10.0 Å². The van der Waals surface area contributed by atoms with E-state index in [1.165, 1.54) is 12.1 Å². The van der Waals surface area contributed by atoms with Gasteiger partial charge >= 0.3 is 0 Å². The smallest absolute Gasteiger partial charge is 0.269 e. The van der Waals surface area contributed by atoms with Crippen LogP contribution in [0.3, 0.4) is 0 Å². The summed E-state index contributed by atoms with van der Waals surface area (Å²) in [6, 6.07) is 9.36. The van der Waals surface area contributed by atoms with E-state index >= 15 is 0 Å². The molecule has 0 spiro atoms. The summed E-state index contributed by atoms with van der Waals surface area (Å²) in [5, 5.41) is 11.9. The molecular weight excluding hydrogens is 377 g/mol. The lowest BCUT2D eigenvalue weighted by atomic mass is 10.1. The van der Waals surface area contributed by atoms with Crippen LogP contribution in [0.25, 0.3) is 22.6 Å². The molecule has 26 heavy (non-hydrogen) atoms. The summed E-state index contributed by atoms with van der Waals surface area (Å²) in [5.74, 6) is 0.560. The standard InChI is InChI=1S/C18H11Cl2N3O3/c19-12-8-14-16(15(20)9-12)21-17-11(5-6-22(17)18(14)24)7-10-1-3-13(4-2-10)23(25)26/h1-4,7-9H,5-6H2/b11-7+. The van der Waals surface area contributed by atoms with Crippen molar-refractivity contribution in [3.8, 4) is 0 Å². The zero-order valence-corrected chi connectivity index (χ0v) is 14.8. The largest absolute Gasteiger partial charge is 0.292 e. The Kier molecular flexibility index (Phi) is 4.01. The fourth-order valence-corrected chi connectivity index (χ4v) is 3.61. The highest BCUT2D eigenvalue weighted by molar-refractivity contribution is 6.38. The van der Waals surface area contributed by atoms with Crippen LogP contribution in [0.5, 0.6) is 0 Å². The molecule has 2 aromatic carbocycles. The summed E-state index contributed by atoms with van der Waals surface area (Å²) in [5.41, 5.74) is 1.95. The number of non-ortho nitro benzene ring substituents is 1. The van der Waals surface area contributed by atoms with Crippen molar-refractivity contribution in [2.24, 2.45) is 0 Å². The lowest BCUT2D eigenvalue weighted by Crippen LogP contribution is -2.20. The van der Waals surface area contributed by atoms with Crippen LogP contribution in [0, 0.1) is 10.1 Å². The van der Waals surface area contributed by atoms with E-state index in [1.54, 1.807) is 28.8 Å². The molecule has 8 heteroatoms. The number of hydrogen-bond acceptors (Lipinski definition) is 4. The van der Waals surface area contributed by atoms with E-state index in [1.807, 2.05) is 6.08 Å². The van der Waals surface area contributed by atoms with E-state index in [9.17, 15) is 14.9 Å². The van der Waals surface area contributed by atoms with E-state index in [0.29, 0.717) is 39.7 Å². The lowest BCUT2D eigenvalue weighted by Gasteiger charge is -2.07. The molecule has 4 rings (SSSR count). The second-order valence-corrected chi connectivity index (χ2v) is 6.79. The molecule has 0 saturated carbocycles. The van der Waals surface area contributed by atoms with Gasteiger partial charge in [-0.2, -0.15) is 0 Å². The van der Waals surface area contributed by atoms with Crippen LogP contribution in [-0.2, 0) is 6.54 Å². The molecule has 0 aliphatic carbocycles. The average molecular weight is 388 g/mol. The van der Waals surface area contributed by atoms with E-state index in [0.717, 1.165) is 11.1 Å². The molecule has 130 valence electrons. The number of nitrogens with zero attached hydrogens (tertiary/aromatic N) is 3. The van der Waals surface area contributed by atoms with Gasteiger partial charge in [-0.1, -0.05) is 23.2 Å². The molecule has 1 aliphatic heterocycles.